The molecule has 1 aliphatic heterocycles. The van der Waals surface area contributed by atoms with E-state index >= 15 is 0 Å². The zero-order valence-electron chi connectivity index (χ0n) is 16.9. The summed E-state index contributed by atoms with van der Waals surface area (Å²) in [4.78, 5) is 0. The Bertz CT molecular complexity index is 707. The molecule has 2 aromatic carbocycles. The average molecular weight is 403 g/mol. The summed E-state index contributed by atoms with van der Waals surface area (Å²) in [7, 11) is -1.20. The molecular formula is C22H30O5Si. The highest BCUT2D eigenvalue weighted by molar-refractivity contribution is 6.99. The quantitative estimate of drug-likeness (QED) is 0.720. The van der Waals surface area contributed by atoms with Gasteiger partial charge >= 0.3 is 0 Å². The highest BCUT2D eigenvalue weighted by Gasteiger charge is 2.52. The third kappa shape index (κ3) is 3.81. The Balaban J connectivity index is 2.02. The molecule has 2 unspecified atom stereocenters. The Kier molecular flexibility index (Phi) is 6.39. The van der Waals surface area contributed by atoms with Gasteiger partial charge in [-0.15, -0.1) is 0 Å². The third-order valence-electron chi connectivity index (χ3n) is 5.46. The molecule has 0 radical (unpaired) electrons. The fraction of sp³-hybridized carbons (Fsp3) is 0.455. The third-order valence-corrected chi connectivity index (χ3v) is 10.5. The zero-order valence-corrected chi connectivity index (χ0v) is 17.9. The summed E-state index contributed by atoms with van der Waals surface area (Å²) in [5.74, 6) is 0. The molecule has 6 heteroatoms. The van der Waals surface area contributed by atoms with Gasteiger partial charge in [0.15, 0.2) is 6.29 Å². The summed E-state index contributed by atoms with van der Waals surface area (Å²) in [5.41, 5.74) is 0. The van der Waals surface area contributed by atoms with Crippen molar-refractivity contribution in [1.82, 2.24) is 0 Å². The van der Waals surface area contributed by atoms with Crippen LogP contribution in [0.1, 0.15) is 20.8 Å². The van der Waals surface area contributed by atoms with Gasteiger partial charge in [0.25, 0.3) is 8.32 Å². The van der Waals surface area contributed by atoms with Crippen LogP contribution >= 0.6 is 0 Å². The Morgan fingerprint density at radius 1 is 0.929 bits per heavy atom. The van der Waals surface area contributed by atoms with Crippen molar-refractivity contribution in [2.45, 2.75) is 50.4 Å². The molecule has 1 aliphatic rings. The van der Waals surface area contributed by atoms with Crippen LogP contribution in [0.5, 0.6) is 0 Å². The summed E-state index contributed by atoms with van der Waals surface area (Å²) in [6.07, 6.45) is -3.53. The van der Waals surface area contributed by atoms with Gasteiger partial charge in [-0.2, -0.15) is 0 Å². The van der Waals surface area contributed by atoms with Gasteiger partial charge in [0, 0.05) is 7.11 Å². The van der Waals surface area contributed by atoms with E-state index in [1.807, 2.05) is 36.4 Å². The van der Waals surface area contributed by atoms with E-state index in [4.69, 9.17) is 13.9 Å². The lowest BCUT2D eigenvalue weighted by Gasteiger charge is -2.43. The summed E-state index contributed by atoms with van der Waals surface area (Å²) >= 11 is 0. The van der Waals surface area contributed by atoms with Gasteiger partial charge in [-0.05, 0) is 15.4 Å². The highest BCUT2D eigenvalue weighted by Crippen LogP contribution is 2.37. The van der Waals surface area contributed by atoms with Crippen molar-refractivity contribution in [2.75, 3.05) is 13.7 Å². The maximum absolute atomic E-state index is 10.1. The molecule has 1 heterocycles. The summed E-state index contributed by atoms with van der Waals surface area (Å²) in [6, 6.07) is 20.6. The van der Waals surface area contributed by atoms with Gasteiger partial charge in [-0.1, -0.05) is 81.4 Å². The maximum atomic E-state index is 10.1. The molecule has 5 nitrogen and oxygen atoms in total. The van der Waals surface area contributed by atoms with Crippen molar-refractivity contribution >= 4 is 18.7 Å². The molecule has 3 rings (SSSR count). The molecule has 1 saturated heterocycles. The lowest BCUT2D eigenvalue weighted by Crippen LogP contribution is -2.67. The summed E-state index contributed by atoms with van der Waals surface area (Å²) in [6.45, 7) is 6.82. The minimum absolute atomic E-state index is 0.159. The molecule has 152 valence electrons. The van der Waals surface area contributed by atoms with Crippen LogP contribution in [0, 0.1) is 0 Å². The number of aliphatic hydroxyl groups excluding tert-OH is 2. The predicted molar refractivity (Wildman–Crippen MR) is 111 cm³/mol. The van der Waals surface area contributed by atoms with Crippen molar-refractivity contribution < 1.29 is 24.1 Å². The summed E-state index contributed by atoms with van der Waals surface area (Å²) < 4.78 is 17.7. The molecule has 1 fully saturated rings. The smallest absolute Gasteiger partial charge is 0.261 e. The molecule has 0 spiro atoms. The number of methoxy groups -OCH3 is 1. The Hall–Kier alpha value is -1.54. The first kappa shape index (κ1) is 21.2. The van der Waals surface area contributed by atoms with Gasteiger partial charge in [-0.3, -0.25) is 0 Å². The number of ether oxygens (including phenoxy) is 2. The van der Waals surface area contributed by atoms with E-state index in [2.05, 4.69) is 45.0 Å². The second kappa shape index (κ2) is 8.45. The molecule has 0 amide bonds. The van der Waals surface area contributed by atoms with Crippen molar-refractivity contribution in [3.8, 4) is 0 Å². The first-order chi connectivity index (χ1) is 13.3. The number of benzene rings is 2. The fourth-order valence-corrected chi connectivity index (χ4v) is 8.68. The summed E-state index contributed by atoms with van der Waals surface area (Å²) in [5, 5.41) is 22.2. The largest absolute Gasteiger partial charge is 0.405 e. The minimum Gasteiger partial charge on any atom is -0.405 e. The maximum Gasteiger partial charge on any atom is 0.261 e. The van der Waals surface area contributed by atoms with Crippen LogP contribution in [0.15, 0.2) is 60.7 Å². The van der Waals surface area contributed by atoms with E-state index in [1.54, 1.807) is 0 Å². The first-order valence-corrected chi connectivity index (χ1v) is 11.5. The lowest BCUT2D eigenvalue weighted by molar-refractivity contribution is -0.132. The van der Waals surface area contributed by atoms with Crippen molar-refractivity contribution in [1.29, 1.82) is 0 Å². The molecule has 0 aliphatic carbocycles. The molecule has 0 aromatic heterocycles. The van der Waals surface area contributed by atoms with Crippen LogP contribution in [0.2, 0.25) is 5.04 Å². The fourth-order valence-electron chi connectivity index (χ4n) is 4.11. The Morgan fingerprint density at radius 2 is 1.43 bits per heavy atom. The molecule has 2 N–H and O–H groups in total. The average Bonchev–Trinajstić information content (AvgIpc) is 2.96. The van der Waals surface area contributed by atoms with Crippen molar-refractivity contribution in [3.63, 3.8) is 0 Å². The van der Waals surface area contributed by atoms with E-state index in [-0.39, 0.29) is 11.6 Å². The molecular weight excluding hydrogens is 372 g/mol. The van der Waals surface area contributed by atoms with E-state index in [0.29, 0.717) is 0 Å². The van der Waals surface area contributed by atoms with Crippen LogP contribution in [0.25, 0.3) is 0 Å². The van der Waals surface area contributed by atoms with Crippen LogP contribution in [0.4, 0.5) is 0 Å². The van der Waals surface area contributed by atoms with Crippen LogP contribution in [0.3, 0.4) is 0 Å². The number of hydrogen-bond donors (Lipinski definition) is 2. The van der Waals surface area contributed by atoms with Crippen molar-refractivity contribution in [3.05, 3.63) is 60.7 Å². The van der Waals surface area contributed by atoms with Gasteiger partial charge in [-0.25, -0.2) is 0 Å². The Morgan fingerprint density at radius 3 is 1.86 bits per heavy atom. The molecule has 28 heavy (non-hydrogen) atoms. The standard InChI is InChI=1S/C22H30O5Si/c1-22(2,3)28(16-11-7-5-8-12-16,17-13-9-6-10-14-17)26-15-18-20(25-4)19(23)21(24)27-18/h5-14,18-21,23-24H,15H2,1-4H3/t18-,19?,20?,21-/m1/s1. The normalized spacial score (nSPS) is 25.8. The van der Waals surface area contributed by atoms with Gasteiger partial charge in [0.1, 0.15) is 18.3 Å². The Labute approximate surface area is 168 Å². The number of hydrogen-bond acceptors (Lipinski definition) is 5. The predicted octanol–water partition coefficient (Wildman–Crippen LogP) is 1.66. The molecule has 4 atom stereocenters. The molecule has 2 aromatic rings. The second-order valence-corrected chi connectivity index (χ2v) is 12.5. The molecule has 0 bridgehead atoms. The van der Waals surface area contributed by atoms with E-state index in [1.165, 1.54) is 17.5 Å². The lowest BCUT2D eigenvalue weighted by atomic mass is 10.1. The highest BCUT2D eigenvalue weighted by atomic mass is 28.4. The second-order valence-electron chi connectivity index (χ2n) is 8.23. The topological polar surface area (TPSA) is 68.2 Å². The van der Waals surface area contributed by atoms with Gasteiger partial charge in [0.2, 0.25) is 0 Å². The van der Waals surface area contributed by atoms with E-state index in [0.717, 1.165) is 0 Å². The van der Waals surface area contributed by atoms with Crippen molar-refractivity contribution in [2.24, 2.45) is 0 Å². The first-order valence-electron chi connectivity index (χ1n) is 9.60. The zero-order chi connectivity index (χ0) is 20.4. The van der Waals surface area contributed by atoms with Crippen LogP contribution in [-0.4, -0.2) is 56.8 Å². The minimum atomic E-state index is -2.70. The van der Waals surface area contributed by atoms with Crippen LogP contribution < -0.4 is 10.4 Å². The van der Waals surface area contributed by atoms with Crippen LogP contribution in [-0.2, 0) is 13.9 Å². The van der Waals surface area contributed by atoms with E-state index in [9.17, 15) is 10.2 Å². The van der Waals surface area contributed by atoms with E-state index < -0.39 is 32.9 Å². The number of aliphatic hydroxyl groups is 2. The number of rotatable bonds is 6. The van der Waals surface area contributed by atoms with Gasteiger partial charge in [0.05, 0.1) is 6.61 Å². The van der Waals surface area contributed by atoms with Gasteiger partial charge < -0.3 is 24.1 Å². The molecule has 0 saturated carbocycles. The monoisotopic (exact) mass is 402 g/mol. The SMILES string of the molecule is COC1C(O)[C@H](O)O[C@@H]1CO[Si](c1ccccc1)(c1ccccc1)C(C)(C)C.